The molecule has 1 aromatic heterocycles. The quantitative estimate of drug-likeness (QED) is 0.113. The third kappa shape index (κ3) is 5.92. The molecule has 1 heterocycles. The molecule has 1 aliphatic rings. The fourth-order valence-corrected chi connectivity index (χ4v) is 6.58. The number of fused-ring (bicyclic) bond motifs is 3. The normalized spacial score (nSPS) is 13.0. The Morgan fingerprint density at radius 2 is 1.86 bits per heavy atom. The SMILES string of the molecule is O=C(CN(CCOc1cccc2c3c(sc12)CCCC3)Cc1ccccc1)c1ccc(Br)c([N+](=O)[O-])c1. The minimum atomic E-state index is -0.487. The van der Waals surface area contributed by atoms with E-state index >= 15 is 0 Å². The zero-order valence-electron chi connectivity index (χ0n) is 20.3. The summed E-state index contributed by atoms with van der Waals surface area (Å²) in [7, 11) is 0. The molecule has 0 saturated carbocycles. The Labute approximate surface area is 228 Å². The van der Waals surface area contributed by atoms with Gasteiger partial charge in [-0.2, -0.15) is 0 Å². The van der Waals surface area contributed by atoms with Crippen LogP contribution in [0.2, 0.25) is 0 Å². The molecule has 0 N–H and O–H groups in total. The van der Waals surface area contributed by atoms with Crippen molar-refractivity contribution in [3.63, 3.8) is 0 Å². The Balaban J connectivity index is 1.31. The van der Waals surface area contributed by atoms with Crippen molar-refractivity contribution in [2.75, 3.05) is 19.7 Å². The lowest BCUT2D eigenvalue weighted by molar-refractivity contribution is -0.385. The van der Waals surface area contributed by atoms with Gasteiger partial charge in [-0.15, -0.1) is 11.3 Å². The number of nitro benzene ring substituents is 1. The Morgan fingerprint density at radius 1 is 1.05 bits per heavy atom. The van der Waals surface area contributed by atoms with Gasteiger partial charge < -0.3 is 4.74 Å². The summed E-state index contributed by atoms with van der Waals surface area (Å²) in [5, 5.41) is 12.6. The van der Waals surface area contributed by atoms with Crippen molar-refractivity contribution in [2.24, 2.45) is 0 Å². The summed E-state index contributed by atoms with van der Waals surface area (Å²) in [5.41, 5.74) is 2.78. The number of carbonyl (C=O) groups excluding carboxylic acids is 1. The van der Waals surface area contributed by atoms with E-state index < -0.39 is 4.92 Å². The molecule has 3 aromatic carbocycles. The van der Waals surface area contributed by atoms with Gasteiger partial charge in [-0.05, 0) is 76.3 Å². The first-order chi connectivity index (χ1) is 18.0. The van der Waals surface area contributed by atoms with E-state index in [-0.39, 0.29) is 18.0 Å². The predicted octanol–water partition coefficient (Wildman–Crippen LogP) is 7.21. The topological polar surface area (TPSA) is 72.7 Å². The fourth-order valence-electron chi connectivity index (χ4n) is 4.83. The number of hydrogen-bond donors (Lipinski definition) is 0. The predicted molar refractivity (Wildman–Crippen MR) is 151 cm³/mol. The molecular formula is C29H27BrN2O4S. The fraction of sp³-hybridized carbons (Fsp3) is 0.276. The van der Waals surface area contributed by atoms with E-state index in [9.17, 15) is 14.9 Å². The lowest BCUT2D eigenvalue weighted by Crippen LogP contribution is -2.33. The zero-order valence-corrected chi connectivity index (χ0v) is 22.7. The number of hydrogen-bond acceptors (Lipinski definition) is 6. The molecule has 1 aliphatic carbocycles. The molecule has 0 aliphatic heterocycles. The van der Waals surface area contributed by atoms with Gasteiger partial charge in [-0.3, -0.25) is 19.8 Å². The molecule has 0 bridgehead atoms. The highest BCUT2D eigenvalue weighted by molar-refractivity contribution is 9.10. The number of carbonyl (C=O) groups is 1. The highest BCUT2D eigenvalue weighted by Crippen LogP contribution is 2.40. The lowest BCUT2D eigenvalue weighted by Gasteiger charge is -2.22. The van der Waals surface area contributed by atoms with E-state index in [1.165, 1.54) is 39.4 Å². The number of benzene rings is 3. The summed E-state index contributed by atoms with van der Waals surface area (Å²) >= 11 is 5.04. The molecular weight excluding hydrogens is 552 g/mol. The summed E-state index contributed by atoms with van der Waals surface area (Å²) in [6, 6.07) is 20.8. The van der Waals surface area contributed by atoms with Crippen LogP contribution < -0.4 is 4.74 Å². The second-order valence-electron chi connectivity index (χ2n) is 9.23. The van der Waals surface area contributed by atoms with Gasteiger partial charge in [0, 0.05) is 29.6 Å². The molecule has 8 heteroatoms. The zero-order chi connectivity index (χ0) is 25.8. The maximum atomic E-state index is 13.1. The van der Waals surface area contributed by atoms with E-state index in [0.29, 0.717) is 29.7 Å². The molecule has 0 unspecified atom stereocenters. The van der Waals surface area contributed by atoms with Gasteiger partial charge in [0.05, 0.1) is 20.6 Å². The van der Waals surface area contributed by atoms with Crippen molar-refractivity contribution in [3.8, 4) is 5.75 Å². The van der Waals surface area contributed by atoms with Crippen LogP contribution in [0, 0.1) is 10.1 Å². The van der Waals surface area contributed by atoms with E-state index in [2.05, 4.69) is 28.1 Å². The van der Waals surface area contributed by atoms with Crippen LogP contribution in [0.4, 0.5) is 5.69 Å². The van der Waals surface area contributed by atoms with Crippen LogP contribution >= 0.6 is 27.3 Å². The second kappa shape index (κ2) is 11.5. The van der Waals surface area contributed by atoms with Gasteiger partial charge in [0.25, 0.3) is 5.69 Å². The first kappa shape index (κ1) is 25.6. The van der Waals surface area contributed by atoms with Crippen LogP contribution in [0.25, 0.3) is 10.1 Å². The summed E-state index contributed by atoms with van der Waals surface area (Å²) in [6.45, 7) is 1.68. The van der Waals surface area contributed by atoms with Gasteiger partial charge in [0.15, 0.2) is 5.78 Å². The highest BCUT2D eigenvalue weighted by atomic mass is 79.9. The summed E-state index contributed by atoms with van der Waals surface area (Å²) in [5.74, 6) is 0.728. The van der Waals surface area contributed by atoms with Crippen molar-refractivity contribution in [1.82, 2.24) is 4.90 Å². The van der Waals surface area contributed by atoms with Crippen LogP contribution in [0.1, 0.15) is 39.2 Å². The molecule has 37 heavy (non-hydrogen) atoms. The summed E-state index contributed by atoms with van der Waals surface area (Å²) in [4.78, 5) is 27.5. The maximum absolute atomic E-state index is 13.1. The average molecular weight is 580 g/mol. The third-order valence-electron chi connectivity index (χ3n) is 6.69. The van der Waals surface area contributed by atoms with Crippen molar-refractivity contribution in [2.45, 2.75) is 32.2 Å². The molecule has 5 rings (SSSR count). The number of aryl methyl sites for hydroxylation is 2. The number of rotatable bonds is 10. The molecule has 0 amide bonds. The van der Waals surface area contributed by atoms with Gasteiger partial charge in [0.1, 0.15) is 12.4 Å². The second-order valence-corrected chi connectivity index (χ2v) is 11.2. The number of Topliss-reactive ketones (excluding diaryl/α,β-unsaturated/α-hetero) is 1. The minimum absolute atomic E-state index is 0.115. The molecule has 6 nitrogen and oxygen atoms in total. The molecule has 0 spiro atoms. The number of ketones is 1. The van der Waals surface area contributed by atoms with Crippen LogP contribution in [0.5, 0.6) is 5.75 Å². The number of thiophene rings is 1. The Hall–Kier alpha value is -3.07. The van der Waals surface area contributed by atoms with E-state index in [4.69, 9.17) is 4.74 Å². The van der Waals surface area contributed by atoms with E-state index in [0.717, 1.165) is 24.2 Å². The molecule has 190 valence electrons. The standard InChI is InChI=1S/C29H27BrN2O4S/c30-24-14-13-21(17-25(24)32(34)35)26(33)19-31(18-20-7-2-1-3-8-20)15-16-36-27-11-6-10-23-22-9-4-5-12-28(22)37-29(23)27/h1-3,6-8,10-11,13-14,17H,4-5,9,12,15-16,18-19H2. The first-order valence-electron chi connectivity index (χ1n) is 12.4. The van der Waals surface area contributed by atoms with Crippen molar-refractivity contribution in [1.29, 1.82) is 0 Å². The number of ether oxygens (including phenoxy) is 1. The Kier molecular flexibility index (Phi) is 7.98. The molecule has 4 aromatic rings. The summed E-state index contributed by atoms with van der Waals surface area (Å²) in [6.07, 6.45) is 4.78. The lowest BCUT2D eigenvalue weighted by atomic mass is 9.96. The van der Waals surface area contributed by atoms with Gasteiger partial charge in [-0.1, -0.05) is 42.5 Å². The van der Waals surface area contributed by atoms with Crippen LogP contribution in [0.3, 0.4) is 0 Å². The van der Waals surface area contributed by atoms with Crippen molar-refractivity contribution >= 4 is 48.8 Å². The van der Waals surface area contributed by atoms with Gasteiger partial charge in [-0.25, -0.2) is 0 Å². The number of nitrogens with zero attached hydrogens (tertiary/aromatic N) is 2. The monoisotopic (exact) mass is 578 g/mol. The molecule has 0 radical (unpaired) electrons. The van der Waals surface area contributed by atoms with Gasteiger partial charge in [0.2, 0.25) is 0 Å². The smallest absolute Gasteiger partial charge is 0.284 e. The number of halogens is 1. The maximum Gasteiger partial charge on any atom is 0.284 e. The average Bonchev–Trinajstić information content (AvgIpc) is 3.29. The largest absolute Gasteiger partial charge is 0.491 e. The van der Waals surface area contributed by atoms with Crippen LogP contribution in [-0.2, 0) is 19.4 Å². The Bertz CT molecular complexity index is 1440. The van der Waals surface area contributed by atoms with Crippen LogP contribution in [0.15, 0.2) is 71.2 Å². The van der Waals surface area contributed by atoms with Crippen molar-refractivity contribution < 1.29 is 14.5 Å². The first-order valence-corrected chi connectivity index (χ1v) is 14.0. The summed E-state index contributed by atoms with van der Waals surface area (Å²) < 4.78 is 7.85. The van der Waals surface area contributed by atoms with Gasteiger partial charge >= 0.3 is 0 Å². The molecule has 0 atom stereocenters. The third-order valence-corrected chi connectivity index (χ3v) is 8.69. The van der Waals surface area contributed by atoms with Crippen LogP contribution in [-0.4, -0.2) is 35.3 Å². The Morgan fingerprint density at radius 3 is 2.68 bits per heavy atom. The van der Waals surface area contributed by atoms with Crippen molar-refractivity contribution in [3.05, 3.63) is 103 Å². The molecule has 0 fully saturated rings. The highest BCUT2D eigenvalue weighted by Gasteiger charge is 2.20. The minimum Gasteiger partial charge on any atom is -0.491 e. The molecule has 0 saturated heterocycles. The van der Waals surface area contributed by atoms with E-state index in [1.54, 1.807) is 12.1 Å². The van der Waals surface area contributed by atoms with E-state index in [1.807, 2.05) is 52.6 Å². The number of nitro groups is 1.